The molecular weight excluding hydrogens is 258 g/mol. The van der Waals surface area contributed by atoms with Crippen molar-refractivity contribution < 1.29 is 19.4 Å². The van der Waals surface area contributed by atoms with Crippen LogP contribution in [0.25, 0.3) is 0 Å². The summed E-state index contributed by atoms with van der Waals surface area (Å²) in [5.74, 6) is 0.453. The summed E-state index contributed by atoms with van der Waals surface area (Å²) in [4.78, 5) is 11.8. The van der Waals surface area contributed by atoms with Gasteiger partial charge in [0.15, 0.2) is 6.10 Å². The van der Waals surface area contributed by atoms with Crippen LogP contribution < -0.4 is 10.1 Å². The lowest BCUT2D eigenvalue weighted by molar-refractivity contribution is -0.127. The zero-order valence-corrected chi connectivity index (χ0v) is 12.3. The van der Waals surface area contributed by atoms with Crippen LogP contribution in [0.4, 0.5) is 0 Å². The van der Waals surface area contributed by atoms with Crippen LogP contribution in [-0.4, -0.2) is 37.4 Å². The molecule has 1 rings (SSSR count). The highest BCUT2D eigenvalue weighted by atomic mass is 16.5. The molecule has 0 saturated heterocycles. The van der Waals surface area contributed by atoms with Crippen molar-refractivity contribution in [2.45, 2.75) is 32.5 Å². The summed E-state index contributed by atoms with van der Waals surface area (Å²) in [5.41, 5.74) is 0.814. The Balaban J connectivity index is 2.40. The van der Waals surface area contributed by atoms with Crippen molar-refractivity contribution in [3.05, 3.63) is 29.8 Å². The predicted octanol–water partition coefficient (Wildman–Crippen LogP) is 1.66. The first-order valence-electron chi connectivity index (χ1n) is 6.76. The number of aliphatic hydroxyl groups is 1. The average molecular weight is 281 g/mol. The fraction of sp³-hybridized carbons (Fsp3) is 0.533. The number of aliphatic hydroxyl groups excluding tert-OH is 1. The second-order valence-corrected chi connectivity index (χ2v) is 4.64. The third-order valence-corrected chi connectivity index (χ3v) is 2.87. The normalized spacial score (nSPS) is 13.6. The van der Waals surface area contributed by atoms with Crippen molar-refractivity contribution in [2.24, 2.45) is 0 Å². The molecule has 1 amide bonds. The van der Waals surface area contributed by atoms with Gasteiger partial charge >= 0.3 is 0 Å². The minimum atomic E-state index is -0.560. The number of amides is 1. The van der Waals surface area contributed by atoms with Gasteiger partial charge in [-0.05, 0) is 38.0 Å². The first kappa shape index (κ1) is 16.5. The Morgan fingerprint density at radius 2 is 1.95 bits per heavy atom. The van der Waals surface area contributed by atoms with Gasteiger partial charge in [-0.15, -0.1) is 0 Å². The lowest BCUT2D eigenvalue weighted by Gasteiger charge is -2.15. The Bertz CT molecular complexity index is 403. The minimum Gasteiger partial charge on any atom is -0.481 e. The molecular formula is C15H23NO4. The van der Waals surface area contributed by atoms with Crippen LogP contribution in [0.5, 0.6) is 5.75 Å². The molecule has 20 heavy (non-hydrogen) atoms. The molecule has 0 radical (unpaired) electrons. The molecule has 0 aliphatic rings. The molecule has 112 valence electrons. The van der Waals surface area contributed by atoms with Crippen LogP contribution in [0.3, 0.4) is 0 Å². The molecule has 5 nitrogen and oxygen atoms in total. The lowest BCUT2D eigenvalue weighted by Crippen LogP contribution is -2.37. The molecule has 0 fully saturated rings. The van der Waals surface area contributed by atoms with E-state index in [1.54, 1.807) is 45.2 Å². The van der Waals surface area contributed by atoms with E-state index in [4.69, 9.17) is 9.47 Å². The molecule has 2 atom stereocenters. The van der Waals surface area contributed by atoms with Crippen LogP contribution in [0, 0.1) is 0 Å². The molecule has 0 saturated carbocycles. The minimum absolute atomic E-state index is 0.152. The number of hydrogen-bond donors (Lipinski definition) is 2. The lowest BCUT2D eigenvalue weighted by atomic mass is 10.1. The van der Waals surface area contributed by atoms with Crippen molar-refractivity contribution >= 4 is 5.91 Å². The van der Waals surface area contributed by atoms with E-state index in [1.807, 2.05) is 0 Å². The van der Waals surface area contributed by atoms with Crippen LogP contribution in [0.2, 0.25) is 0 Å². The van der Waals surface area contributed by atoms with E-state index in [0.717, 1.165) is 12.0 Å². The first-order chi connectivity index (χ1) is 9.54. The van der Waals surface area contributed by atoms with E-state index in [2.05, 4.69) is 5.32 Å². The highest BCUT2D eigenvalue weighted by molar-refractivity contribution is 5.80. The Morgan fingerprint density at radius 1 is 1.30 bits per heavy atom. The van der Waals surface area contributed by atoms with Crippen LogP contribution in [-0.2, 0) is 9.53 Å². The van der Waals surface area contributed by atoms with Gasteiger partial charge in [0, 0.05) is 20.3 Å². The van der Waals surface area contributed by atoms with E-state index in [0.29, 0.717) is 18.9 Å². The summed E-state index contributed by atoms with van der Waals surface area (Å²) >= 11 is 0. The molecule has 0 spiro atoms. The Kier molecular flexibility index (Phi) is 7.04. The van der Waals surface area contributed by atoms with E-state index >= 15 is 0 Å². The van der Waals surface area contributed by atoms with Crippen molar-refractivity contribution in [1.82, 2.24) is 5.32 Å². The van der Waals surface area contributed by atoms with Crippen LogP contribution in [0.15, 0.2) is 24.3 Å². The molecule has 0 aliphatic heterocycles. The zero-order valence-electron chi connectivity index (χ0n) is 12.3. The Hall–Kier alpha value is -1.59. The molecule has 1 unspecified atom stereocenters. The molecule has 1 aromatic rings. The molecule has 2 N–H and O–H groups in total. The van der Waals surface area contributed by atoms with E-state index < -0.39 is 12.2 Å². The molecule has 5 heteroatoms. The van der Waals surface area contributed by atoms with Gasteiger partial charge in [0.1, 0.15) is 5.75 Å². The number of carbonyl (C=O) groups is 1. The monoisotopic (exact) mass is 281 g/mol. The highest BCUT2D eigenvalue weighted by Gasteiger charge is 2.14. The summed E-state index contributed by atoms with van der Waals surface area (Å²) in [7, 11) is 1.63. The molecule has 0 heterocycles. The van der Waals surface area contributed by atoms with E-state index in [-0.39, 0.29) is 5.91 Å². The van der Waals surface area contributed by atoms with Crippen molar-refractivity contribution in [3.8, 4) is 5.75 Å². The maximum absolute atomic E-state index is 11.8. The Labute approximate surface area is 119 Å². The molecule has 1 aromatic carbocycles. The van der Waals surface area contributed by atoms with Gasteiger partial charge in [-0.2, -0.15) is 0 Å². The maximum Gasteiger partial charge on any atom is 0.260 e. The second-order valence-electron chi connectivity index (χ2n) is 4.64. The molecule has 0 aromatic heterocycles. The summed E-state index contributed by atoms with van der Waals surface area (Å²) in [5, 5.41) is 12.2. The number of hydrogen-bond acceptors (Lipinski definition) is 4. The van der Waals surface area contributed by atoms with Crippen molar-refractivity contribution in [3.63, 3.8) is 0 Å². The third kappa shape index (κ3) is 5.59. The number of carbonyl (C=O) groups excluding carboxylic acids is 1. The third-order valence-electron chi connectivity index (χ3n) is 2.87. The smallest absolute Gasteiger partial charge is 0.260 e. The van der Waals surface area contributed by atoms with Gasteiger partial charge in [-0.1, -0.05) is 12.1 Å². The van der Waals surface area contributed by atoms with Crippen molar-refractivity contribution in [2.75, 3.05) is 20.3 Å². The largest absolute Gasteiger partial charge is 0.481 e. The first-order valence-corrected chi connectivity index (χ1v) is 6.76. The summed E-state index contributed by atoms with van der Waals surface area (Å²) in [6.45, 7) is 4.60. The van der Waals surface area contributed by atoms with Crippen LogP contribution in [0.1, 0.15) is 31.9 Å². The molecule has 0 bridgehead atoms. The van der Waals surface area contributed by atoms with Crippen LogP contribution >= 0.6 is 0 Å². The summed E-state index contributed by atoms with van der Waals surface area (Å²) in [6.07, 6.45) is -0.293. The Morgan fingerprint density at radius 3 is 2.50 bits per heavy atom. The fourth-order valence-corrected chi connectivity index (χ4v) is 1.65. The van der Waals surface area contributed by atoms with Gasteiger partial charge in [0.2, 0.25) is 0 Å². The average Bonchev–Trinajstić information content (AvgIpc) is 2.44. The van der Waals surface area contributed by atoms with E-state index in [1.165, 1.54) is 0 Å². The van der Waals surface area contributed by atoms with E-state index in [9.17, 15) is 9.90 Å². The van der Waals surface area contributed by atoms with Crippen molar-refractivity contribution in [1.29, 1.82) is 0 Å². The quantitative estimate of drug-likeness (QED) is 0.711. The maximum atomic E-state index is 11.8. The standard InChI is InChI=1S/C15H23NO4/c1-11(17)13-5-7-14(8-6-13)20-12(2)15(18)16-9-4-10-19-3/h5-8,11-12,17H,4,9-10H2,1-3H3,(H,16,18)/t11-,12?/m0/s1. The zero-order chi connectivity index (χ0) is 15.0. The fourth-order valence-electron chi connectivity index (χ4n) is 1.65. The second kappa shape index (κ2) is 8.55. The van der Waals surface area contributed by atoms with Gasteiger partial charge in [0.25, 0.3) is 5.91 Å². The highest BCUT2D eigenvalue weighted by Crippen LogP contribution is 2.18. The molecule has 0 aliphatic carbocycles. The number of methoxy groups -OCH3 is 1. The number of rotatable bonds is 8. The summed E-state index contributed by atoms with van der Waals surface area (Å²) in [6, 6.07) is 7.06. The topological polar surface area (TPSA) is 67.8 Å². The summed E-state index contributed by atoms with van der Waals surface area (Å²) < 4.78 is 10.5. The van der Waals surface area contributed by atoms with Gasteiger partial charge in [0.05, 0.1) is 6.10 Å². The predicted molar refractivity (Wildman–Crippen MR) is 76.7 cm³/mol. The SMILES string of the molecule is COCCCNC(=O)C(C)Oc1ccc([C@H](C)O)cc1. The number of benzene rings is 1. The van der Waals surface area contributed by atoms with Gasteiger partial charge in [-0.3, -0.25) is 4.79 Å². The number of ether oxygens (including phenoxy) is 2. The number of nitrogens with one attached hydrogen (secondary N) is 1. The van der Waals surface area contributed by atoms with Gasteiger partial charge < -0.3 is 19.9 Å². The van der Waals surface area contributed by atoms with Gasteiger partial charge in [-0.25, -0.2) is 0 Å².